The maximum absolute atomic E-state index is 5.67. The number of hydrogen-bond donors (Lipinski definition) is 2. The van der Waals surface area contributed by atoms with E-state index in [0.717, 1.165) is 32.6 Å². The van der Waals surface area contributed by atoms with Crippen molar-refractivity contribution in [3.63, 3.8) is 0 Å². The summed E-state index contributed by atoms with van der Waals surface area (Å²) in [4.78, 5) is 0. The third kappa shape index (κ3) is 3.09. The molecule has 12 heavy (non-hydrogen) atoms. The van der Waals surface area contributed by atoms with Crippen molar-refractivity contribution < 1.29 is 4.74 Å². The van der Waals surface area contributed by atoms with Gasteiger partial charge < -0.3 is 15.8 Å². The largest absolute Gasteiger partial charge is 0.381 e. The second-order valence-corrected chi connectivity index (χ2v) is 4.03. The van der Waals surface area contributed by atoms with Gasteiger partial charge in [-0.25, -0.2) is 0 Å². The van der Waals surface area contributed by atoms with Crippen LogP contribution in [0.4, 0.5) is 0 Å². The highest BCUT2D eigenvalue weighted by Gasteiger charge is 2.26. The monoisotopic (exact) mass is 172 g/mol. The Morgan fingerprint density at radius 3 is 2.58 bits per heavy atom. The standard InChI is InChI=1S/C9H20N2O/c1-8(10)7-11-9(2)3-5-12-6-4-9/h8,11H,3-7,10H2,1-2H3. The van der Waals surface area contributed by atoms with Gasteiger partial charge in [-0.3, -0.25) is 0 Å². The molecule has 0 radical (unpaired) electrons. The van der Waals surface area contributed by atoms with Crippen molar-refractivity contribution in [3.8, 4) is 0 Å². The van der Waals surface area contributed by atoms with E-state index in [1.807, 2.05) is 6.92 Å². The van der Waals surface area contributed by atoms with Gasteiger partial charge in [-0.15, -0.1) is 0 Å². The zero-order chi connectivity index (χ0) is 9.03. The molecule has 1 atom stereocenters. The van der Waals surface area contributed by atoms with Crippen LogP contribution < -0.4 is 11.1 Å². The first-order valence-electron chi connectivity index (χ1n) is 4.71. The molecule has 0 saturated carbocycles. The van der Waals surface area contributed by atoms with Crippen LogP contribution in [0.25, 0.3) is 0 Å². The molecule has 1 fully saturated rings. The van der Waals surface area contributed by atoms with E-state index in [1.165, 1.54) is 0 Å². The van der Waals surface area contributed by atoms with Gasteiger partial charge in [0.05, 0.1) is 0 Å². The number of rotatable bonds is 3. The molecule has 1 heterocycles. The molecule has 0 amide bonds. The van der Waals surface area contributed by atoms with Crippen molar-refractivity contribution in [2.45, 2.75) is 38.3 Å². The van der Waals surface area contributed by atoms with Gasteiger partial charge >= 0.3 is 0 Å². The van der Waals surface area contributed by atoms with Crippen molar-refractivity contribution in [1.29, 1.82) is 0 Å². The van der Waals surface area contributed by atoms with Crippen LogP contribution >= 0.6 is 0 Å². The van der Waals surface area contributed by atoms with Crippen LogP contribution in [0.3, 0.4) is 0 Å². The smallest absolute Gasteiger partial charge is 0.0483 e. The van der Waals surface area contributed by atoms with E-state index < -0.39 is 0 Å². The maximum Gasteiger partial charge on any atom is 0.0483 e. The van der Waals surface area contributed by atoms with E-state index in [4.69, 9.17) is 10.5 Å². The minimum atomic E-state index is 0.240. The molecular formula is C9H20N2O. The first kappa shape index (κ1) is 9.96. The molecule has 1 aliphatic heterocycles. The predicted molar refractivity (Wildman–Crippen MR) is 50.1 cm³/mol. The first-order valence-corrected chi connectivity index (χ1v) is 4.71. The average molecular weight is 172 g/mol. The summed E-state index contributed by atoms with van der Waals surface area (Å²) in [7, 11) is 0. The van der Waals surface area contributed by atoms with Gasteiger partial charge in [0.2, 0.25) is 0 Å². The molecule has 1 unspecified atom stereocenters. The van der Waals surface area contributed by atoms with Crippen molar-refractivity contribution in [1.82, 2.24) is 5.32 Å². The molecule has 3 N–H and O–H groups in total. The van der Waals surface area contributed by atoms with Crippen molar-refractivity contribution in [2.75, 3.05) is 19.8 Å². The zero-order valence-corrected chi connectivity index (χ0v) is 8.10. The van der Waals surface area contributed by atoms with E-state index in [0.29, 0.717) is 0 Å². The van der Waals surface area contributed by atoms with Gasteiger partial charge in [-0.1, -0.05) is 0 Å². The number of nitrogens with two attached hydrogens (primary N) is 1. The normalized spacial score (nSPS) is 25.2. The Morgan fingerprint density at radius 2 is 2.08 bits per heavy atom. The van der Waals surface area contributed by atoms with Crippen LogP contribution in [0, 0.1) is 0 Å². The summed E-state index contributed by atoms with van der Waals surface area (Å²) in [5.74, 6) is 0. The van der Waals surface area contributed by atoms with Crippen LogP contribution in [0.5, 0.6) is 0 Å². The number of ether oxygens (including phenoxy) is 1. The molecule has 1 aliphatic rings. The molecule has 0 aromatic rings. The summed E-state index contributed by atoms with van der Waals surface area (Å²) in [5.41, 5.74) is 5.93. The van der Waals surface area contributed by atoms with E-state index in [-0.39, 0.29) is 11.6 Å². The third-order valence-corrected chi connectivity index (χ3v) is 2.45. The Kier molecular flexibility index (Phi) is 3.50. The lowest BCUT2D eigenvalue weighted by Crippen LogP contribution is -2.50. The van der Waals surface area contributed by atoms with Gasteiger partial charge in [-0.2, -0.15) is 0 Å². The SMILES string of the molecule is CC(N)CNC1(C)CCOCC1. The molecule has 3 nitrogen and oxygen atoms in total. The van der Waals surface area contributed by atoms with Gasteiger partial charge in [0, 0.05) is 31.3 Å². The van der Waals surface area contributed by atoms with Crippen molar-refractivity contribution >= 4 is 0 Å². The Balaban J connectivity index is 2.26. The average Bonchev–Trinajstić information content (AvgIpc) is 2.03. The number of hydrogen-bond acceptors (Lipinski definition) is 3. The van der Waals surface area contributed by atoms with Crippen LogP contribution in [0.1, 0.15) is 26.7 Å². The van der Waals surface area contributed by atoms with Crippen LogP contribution in [-0.4, -0.2) is 31.3 Å². The summed E-state index contributed by atoms with van der Waals surface area (Å²) >= 11 is 0. The minimum Gasteiger partial charge on any atom is -0.381 e. The fraction of sp³-hybridized carbons (Fsp3) is 1.00. The summed E-state index contributed by atoms with van der Waals surface area (Å²) in [6, 6.07) is 0.240. The molecule has 3 heteroatoms. The zero-order valence-electron chi connectivity index (χ0n) is 8.10. The molecule has 72 valence electrons. The second kappa shape index (κ2) is 4.21. The Bertz CT molecular complexity index is 130. The summed E-state index contributed by atoms with van der Waals surface area (Å²) < 4.78 is 5.30. The highest BCUT2D eigenvalue weighted by atomic mass is 16.5. The molecule has 0 bridgehead atoms. The molecule has 1 saturated heterocycles. The van der Waals surface area contributed by atoms with Gasteiger partial charge in [-0.05, 0) is 26.7 Å². The van der Waals surface area contributed by atoms with Crippen molar-refractivity contribution in [3.05, 3.63) is 0 Å². The molecule has 0 aromatic carbocycles. The molecule has 0 aliphatic carbocycles. The highest BCUT2D eigenvalue weighted by Crippen LogP contribution is 2.19. The molecule has 0 aromatic heterocycles. The summed E-state index contributed by atoms with van der Waals surface area (Å²) in [6.45, 7) is 6.93. The van der Waals surface area contributed by atoms with Crippen LogP contribution in [0.2, 0.25) is 0 Å². The fourth-order valence-electron chi connectivity index (χ4n) is 1.41. The predicted octanol–water partition coefficient (Wildman–Crippen LogP) is 0.492. The van der Waals surface area contributed by atoms with E-state index in [1.54, 1.807) is 0 Å². The van der Waals surface area contributed by atoms with Crippen LogP contribution in [0.15, 0.2) is 0 Å². The Labute approximate surface area is 74.7 Å². The van der Waals surface area contributed by atoms with Gasteiger partial charge in [0.1, 0.15) is 0 Å². The quantitative estimate of drug-likeness (QED) is 0.651. The summed E-state index contributed by atoms with van der Waals surface area (Å²) in [5, 5.41) is 3.49. The first-order chi connectivity index (χ1) is 5.62. The van der Waals surface area contributed by atoms with E-state index >= 15 is 0 Å². The summed E-state index contributed by atoms with van der Waals surface area (Å²) in [6.07, 6.45) is 2.19. The van der Waals surface area contributed by atoms with Gasteiger partial charge in [0.25, 0.3) is 0 Å². The van der Waals surface area contributed by atoms with Gasteiger partial charge in [0.15, 0.2) is 0 Å². The molecule has 1 rings (SSSR count). The van der Waals surface area contributed by atoms with Crippen molar-refractivity contribution in [2.24, 2.45) is 5.73 Å². The lowest BCUT2D eigenvalue weighted by molar-refractivity contribution is 0.0450. The Hall–Kier alpha value is -0.120. The highest BCUT2D eigenvalue weighted by molar-refractivity contribution is 4.85. The second-order valence-electron chi connectivity index (χ2n) is 4.03. The number of nitrogens with one attached hydrogen (secondary N) is 1. The van der Waals surface area contributed by atoms with E-state index in [2.05, 4.69) is 12.2 Å². The molecular weight excluding hydrogens is 152 g/mol. The topological polar surface area (TPSA) is 47.3 Å². The Morgan fingerprint density at radius 1 is 1.50 bits per heavy atom. The fourth-order valence-corrected chi connectivity index (χ4v) is 1.41. The third-order valence-electron chi connectivity index (χ3n) is 2.45. The lowest BCUT2D eigenvalue weighted by atomic mass is 9.92. The maximum atomic E-state index is 5.67. The van der Waals surface area contributed by atoms with Crippen LogP contribution in [-0.2, 0) is 4.74 Å². The van der Waals surface area contributed by atoms with E-state index in [9.17, 15) is 0 Å². The molecule has 0 spiro atoms. The lowest BCUT2D eigenvalue weighted by Gasteiger charge is -2.35. The minimum absolute atomic E-state index is 0.240.